The molecule has 0 aliphatic carbocycles. The van der Waals surface area contributed by atoms with Crippen LogP contribution in [0.4, 0.5) is 123 Å². The molecule has 2 aliphatic rings. The number of aromatic amines is 2. The Morgan fingerprint density at radius 2 is 0.515 bits per heavy atom. The highest BCUT2D eigenvalue weighted by atomic mass is 127. The molecule has 0 fully saturated rings. The summed E-state index contributed by atoms with van der Waals surface area (Å²) in [5, 5.41) is 0. The van der Waals surface area contributed by atoms with Crippen LogP contribution in [0.5, 0.6) is 0 Å². The molecule has 5 rings (SSSR count). The summed E-state index contributed by atoms with van der Waals surface area (Å²) in [6, 6.07) is -0.787. The Kier molecular flexibility index (Phi) is 12.3. The van der Waals surface area contributed by atoms with Crippen molar-refractivity contribution in [1.29, 1.82) is 0 Å². The van der Waals surface area contributed by atoms with Gasteiger partial charge in [0.25, 0.3) is 0 Å². The van der Waals surface area contributed by atoms with Crippen LogP contribution in [0.3, 0.4) is 0 Å². The van der Waals surface area contributed by atoms with Gasteiger partial charge in [0.2, 0.25) is 0 Å². The second-order valence-corrected chi connectivity index (χ2v) is 15.7. The molecule has 0 saturated heterocycles. The molecule has 3 aromatic heterocycles. The smallest absolute Gasteiger partial charge is 0.354 e. The lowest BCUT2D eigenvalue weighted by molar-refractivity contribution is -0.359. The van der Waals surface area contributed by atoms with Gasteiger partial charge in [-0.2, -0.15) is 123 Å². The summed E-state index contributed by atoms with van der Waals surface area (Å²) in [6.07, 6.45) is -31.8. The molecule has 5 heterocycles. The third kappa shape index (κ3) is 7.61. The topological polar surface area (TPSA) is 57.4 Å². The van der Waals surface area contributed by atoms with Crippen molar-refractivity contribution in [2.45, 2.75) is 72.1 Å². The van der Waals surface area contributed by atoms with E-state index in [-0.39, 0.29) is 0 Å². The van der Waals surface area contributed by atoms with E-state index >= 15 is 35.1 Å². The van der Waals surface area contributed by atoms with Crippen LogP contribution in [0.25, 0.3) is 46.4 Å². The van der Waals surface area contributed by atoms with Crippen LogP contribution >= 0.6 is 45.2 Å². The third-order valence-corrected chi connectivity index (χ3v) is 10.8. The van der Waals surface area contributed by atoms with Gasteiger partial charge in [0.05, 0.1) is 67.1 Å². The molecule has 4 nitrogen and oxygen atoms in total. The highest BCUT2D eigenvalue weighted by Crippen LogP contribution is 2.59. The summed E-state index contributed by atoms with van der Waals surface area (Å²) in [5.41, 5.74) is -31.6. The maximum absolute atomic E-state index is 15.8. The Morgan fingerprint density at radius 1 is 0.318 bits per heavy atom. The van der Waals surface area contributed by atoms with Gasteiger partial charge in [-0.25, -0.2) is 9.97 Å². The van der Waals surface area contributed by atoms with E-state index < -0.39 is 183 Å². The first-order valence-corrected chi connectivity index (χ1v) is 18.2. The minimum absolute atomic E-state index is 0.393. The molecule has 3 aromatic rings. The van der Waals surface area contributed by atoms with Gasteiger partial charge in [-0.1, -0.05) is 0 Å². The number of hydrogen-bond acceptors (Lipinski definition) is 2. The highest BCUT2D eigenvalue weighted by Gasteiger charge is 2.78. The zero-order valence-corrected chi connectivity index (χ0v) is 34.0. The fourth-order valence-electron chi connectivity index (χ4n) is 5.94. The molecule has 34 heteroatoms. The third-order valence-electron chi connectivity index (χ3n) is 9.14. The molecular weight excluding hydrogens is 1230 g/mol. The number of aromatic nitrogens is 4. The molecule has 0 unspecified atom stereocenters. The molecule has 2 N–H and O–H groups in total. The van der Waals surface area contributed by atoms with E-state index in [4.69, 9.17) is 0 Å². The molecule has 8 bridgehead atoms. The molecule has 366 valence electrons. The van der Waals surface area contributed by atoms with Crippen molar-refractivity contribution in [2.24, 2.45) is 0 Å². The second kappa shape index (κ2) is 15.3. The van der Waals surface area contributed by atoms with E-state index in [1.165, 1.54) is 0 Å². The van der Waals surface area contributed by atoms with E-state index in [1.807, 2.05) is 0 Å². The van der Waals surface area contributed by atoms with Crippen LogP contribution in [-0.4, -0.2) is 68.3 Å². The normalized spacial score (nSPS) is 15.6. The van der Waals surface area contributed by atoms with E-state index in [2.05, 4.69) is 9.97 Å². The number of rotatable bonds is 8. The Hall–Kier alpha value is -3.90. The van der Waals surface area contributed by atoms with E-state index in [0.717, 1.165) is 9.97 Å². The molecule has 0 aromatic carbocycles. The summed E-state index contributed by atoms with van der Waals surface area (Å²) in [6.45, 7) is 0. The minimum Gasteiger partial charge on any atom is -0.354 e. The standard InChI is InChI=1S/C32H8F28I2N4/c33-21(34,25(41,42)29(49,50)51)15-9-1-2-10(63-9)16(22(35,36)26(43,44)30(52,53)54)14-6-8(62)20(66-14)18(24(39,40)28(47,48)32(58,59)60)12-4-3-11(64-12)17(19-7(61)5-13(15)65-19)23(37,38)27(45,46)31(55,56)57/h1-6,65-66H. The van der Waals surface area contributed by atoms with Gasteiger partial charge in [0.15, 0.2) is 0 Å². The number of halogens is 30. The second-order valence-electron chi connectivity index (χ2n) is 13.3. The fraction of sp³-hybridized carbons (Fsp3) is 0.375. The average Bonchev–Trinajstić information content (AvgIpc) is 3.92. The van der Waals surface area contributed by atoms with Gasteiger partial charge in [-0.05, 0) is 81.6 Å². The Labute approximate surface area is 369 Å². The number of nitrogens with one attached hydrogen (secondary N) is 2. The lowest BCUT2D eigenvalue weighted by Crippen LogP contribution is -2.50. The number of alkyl halides is 28. The molecular formula is C32H8F28I2N4. The van der Waals surface area contributed by atoms with Gasteiger partial charge < -0.3 is 9.97 Å². The summed E-state index contributed by atoms with van der Waals surface area (Å²) in [5.74, 6) is -58.3. The van der Waals surface area contributed by atoms with Crippen molar-refractivity contribution in [3.8, 4) is 0 Å². The SMILES string of the molecule is FC(F)(F)C(F)(F)C(F)(F)c1c2nc(c(C(F)(F)C(F)(F)C(F)(F)F)c3cc(I)c([nH]3)c(C(F)(F)C(F)(F)C(F)(F)F)c3nc(c(C(F)(F)C(F)(F)C(F)(F)F)c4[nH]c1cc4I)C=C3)C=C2. The van der Waals surface area contributed by atoms with Crippen LogP contribution in [0, 0.1) is 7.14 Å². The number of H-pyrrole nitrogens is 2. The van der Waals surface area contributed by atoms with Crippen LogP contribution in [0.1, 0.15) is 45.0 Å². The number of fused-ring (bicyclic) bond motifs is 8. The molecule has 0 radical (unpaired) electrons. The van der Waals surface area contributed by atoms with Crippen molar-refractivity contribution in [1.82, 2.24) is 19.9 Å². The predicted octanol–water partition coefficient (Wildman–Crippen LogP) is 15.0. The van der Waals surface area contributed by atoms with Crippen molar-refractivity contribution >= 4 is 91.6 Å². The van der Waals surface area contributed by atoms with Gasteiger partial charge >= 0.3 is 72.1 Å². The van der Waals surface area contributed by atoms with Crippen LogP contribution in [-0.2, 0) is 23.7 Å². The van der Waals surface area contributed by atoms with Crippen LogP contribution in [0.2, 0.25) is 0 Å². The minimum atomic E-state index is -7.52. The largest absolute Gasteiger partial charge is 0.460 e. The summed E-state index contributed by atoms with van der Waals surface area (Å²) in [4.78, 5) is 7.47. The van der Waals surface area contributed by atoms with Crippen molar-refractivity contribution < 1.29 is 123 Å². The van der Waals surface area contributed by atoms with Gasteiger partial charge in [0.1, 0.15) is 0 Å². The van der Waals surface area contributed by atoms with E-state index in [0.29, 0.717) is 45.2 Å². The molecule has 0 atom stereocenters. The molecule has 0 amide bonds. The first kappa shape index (κ1) is 53.1. The van der Waals surface area contributed by atoms with Crippen LogP contribution in [0.15, 0.2) is 12.1 Å². The monoisotopic (exact) mass is 1230 g/mol. The fourth-order valence-corrected chi connectivity index (χ4v) is 7.37. The van der Waals surface area contributed by atoms with Crippen molar-refractivity contribution in [3.63, 3.8) is 0 Å². The van der Waals surface area contributed by atoms with Crippen LogP contribution < -0.4 is 0 Å². The average molecular weight is 1230 g/mol. The summed E-state index contributed by atoms with van der Waals surface area (Å²) in [7, 11) is 0. The molecule has 66 heavy (non-hydrogen) atoms. The molecule has 2 aliphatic heterocycles. The van der Waals surface area contributed by atoms with Gasteiger partial charge in [0, 0.05) is 7.14 Å². The predicted molar refractivity (Wildman–Crippen MR) is 184 cm³/mol. The van der Waals surface area contributed by atoms with Crippen molar-refractivity contribution in [3.05, 3.63) is 64.3 Å². The Balaban J connectivity index is 2.30. The summed E-state index contributed by atoms with van der Waals surface area (Å²) >= 11 is 0.928. The maximum atomic E-state index is 15.8. The Morgan fingerprint density at radius 3 is 0.727 bits per heavy atom. The zero-order valence-electron chi connectivity index (χ0n) is 29.7. The number of hydrogen-bond donors (Lipinski definition) is 2. The van der Waals surface area contributed by atoms with E-state index in [9.17, 15) is 87.8 Å². The van der Waals surface area contributed by atoms with Gasteiger partial charge in [-0.15, -0.1) is 0 Å². The molecule has 0 spiro atoms. The first-order chi connectivity index (χ1) is 29.2. The summed E-state index contributed by atoms with van der Waals surface area (Å²) < 4.78 is 404. The van der Waals surface area contributed by atoms with E-state index in [1.54, 1.807) is 0 Å². The lowest BCUT2D eigenvalue weighted by Gasteiger charge is -2.29. The quantitative estimate of drug-likeness (QED) is 0.120. The maximum Gasteiger partial charge on any atom is 0.460 e. The van der Waals surface area contributed by atoms with Crippen molar-refractivity contribution in [2.75, 3.05) is 0 Å². The Bertz CT molecular complexity index is 2520. The molecule has 0 saturated carbocycles. The lowest BCUT2D eigenvalue weighted by atomic mass is 9.99. The first-order valence-electron chi connectivity index (χ1n) is 16.0. The van der Waals surface area contributed by atoms with Gasteiger partial charge in [-0.3, -0.25) is 0 Å². The highest BCUT2D eigenvalue weighted by molar-refractivity contribution is 14.1. The number of nitrogens with zero attached hydrogens (tertiary/aromatic N) is 2. The zero-order chi connectivity index (χ0) is 51.2.